The van der Waals surface area contributed by atoms with Gasteiger partial charge >= 0.3 is 6.03 Å². The molecule has 3 amide bonds. The van der Waals surface area contributed by atoms with Crippen LogP contribution < -0.4 is 15.4 Å². The lowest BCUT2D eigenvalue weighted by Crippen LogP contribution is -2.48. The van der Waals surface area contributed by atoms with E-state index in [-0.39, 0.29) is 42.3 Å². The van der Waals surface area contributed by atoms with E-state index in [2.05, 4.69) is 15.6 Å². The predicted octanol–water partition coefficient (Wildman–Crippen LogP) is 5.33. The normalized spacial score (nSPS) is 19.9. The van der Waals surface area contributed by atoms with Crippen LogP contribution in [-0.2, 0) is 21.8 Å². The fraction of sp³-hybridized carbons (Fsp3) is 0.432. The molecule has 0 saturated heterocycles. The summed E-state index contributed by atoms with van der Waals surface area (Å²) in [4.78, 5) is 33.2. The molecule has 0 spiro atoms. The van der Waals surface area contributed by atoms with Crippen LogP contribution in [0, 0.1) is 5.92 Å². The zero-order valence-electron chi connectivity index (χ0n) is 29.8. The number of hydrogen-bond acceptors (Lipinski definition) is 8. The Kier molecular flexibility index (Phi) is 12.3. The largest absolute Gasteiger partial charge is 0.490 e. The molecule has 0 aliphatic carbocycles. The number of rotatable bonds is 8. The van der Waals surface area contributed by atoms with Crippen LogP contribution in [0.1, 0.15) is 50.4 Å². The van der Waals surface area contributed by atoms with Crippen LogP contribution in [0.2, 0.25) is 0 Å². The van der Waals surface area contributed by atoms with Crippen LogP contribution in [0.15, 0.2) is 78.2 Å². The molecule has 0 fully saturated rings. The summed E-state index contributed by atoms with van der Waals surface area (Å²) in [7, 11) is -0.703. The van der Waals surface area contributed by atoms with Gasteiger partial charge in [-0.15, -0.1) is 0 Å². The van der Waals surface area contributed by atoms with Crippen molar-refractivity contribution in [2.75, 3.05) is 44.0 Å². The Balaban J connectivity index is 1.41. The highest BCUT2D eigenvalue weighted by Gasteiger charge is 2.33. The van der Waals surface area contributed by atoms with Crippen molar-refractivity contribution in [2.45, 2.75) is 63.3 Å². The Morgan fingerprint density at radius 3 is 2.61 bits per heavy atom. The number of likely N-dealkylation sites (N-methyl/N-ethyl adjacent to an activating group) is 1. The predicted molar refractivity (Wildman–Crippen MR) is 196 cm³/mol. The summed E-state index contributed by atoms with van der Waals surface area (Å²) < 4.78 is 42.1. The molecule has 3 N–H and O–H groups in total. The maximum atomic E-state index is 14.5. The van der Waals surface area contributed by atoms with Crippen molar-refractivity contribution in [2.24, 2.45) is 13.0 Å². The number of aliphatic hydroxyl groups is 1. The van der Waals surface area contributed by atoms with Gasteiger partial charge in [0.2, 0.25) is 0 Å². The molecule has 1 aliphatic heterocycles. The summed E-state index contributed by atoms with van der Waals surface area (Å²) in [6.45, 7) is 5.84. The summed E-state index contributed by atoms with van der Waals surface area (Å²) >= 11 is 0. The smallest absolute Gasteiger partial charge is 0.323 e. The summed E-state index contributed by atoms with van der Waals surface area (Å²) in [5, 5.41) is 17.8. The third kappa shape index (κ3) is 9.25. The van der Waals surface area contributed by atoms with Crippen molar-refractivity contribution in [1.82, 2.24) is 18.8 Å². The van der Waals surface area contributed by atoms with Crippen molar-refractivity contribution in [3.8, 4) is 5.75 Å². The van der Waals surface area contributed by atoms with Gasteiger partial charge in [-0.05, 0) is 62.8 Å². The number of carbonyl (C=O) groups excluding carboxylic acids is 2. The number of urea groups is 1. The molecule has 1 aromatic heterocycles. The van der Waals surface area contributed by atoms with Crippen LogP contribution in [0.25, 0.3) is 10.8 Å². The first-order valence-electron chi connectivity index (χ1n) is 17.2. The summed E-state index contributed by atoms with van der Waals surface area (Å²) in [5.41, 5.74) is 1.25. The number of nitrogens with one attached hydrogen (secondary N) is 2. The molecule has 0 saturated carbocycles. The lowest BCUT2D eigenvalue weighted by Gasteiger charge is -2.35. The number of aromatic nitrogens is 2. The molecule has 1 aliphatic rings. The molecule has 3 aromatic carbocycles. The SMILES string of the molecule is C[C@@H]1CCCCO[C@@H](CN(C)S(=O)(=O)c2cn(C)cn2)[C@H](C)CN([C@H](C)CO)C(=O)c2cc(NC(=O)Nc3cccc4ccccc34)ccc2O1. The number of sulfonamides is 1. The molecule has 274 valence electrons. The topological polar surface area (TPSA) is 155 Å². The maximum absolute atomic E-state index is 14.5. The van der Waals surface area contributed by atoms with Gasteiger partial charge in [-0.3, -0.25) is 4.79 Å². The Morgan fingerprint density at radius 1 is 1.10 bits per heavy atom. The first-order valence-corrected chi connectivity index (χ1v) is 18.7. The highest BCUT2D eigenvalue weighted by Crippen LogP contribution is 2.29. The molecule has 0 unspecified atom stereocenters. The van der Waals surface area contributed by atoms with Crippen LogP contribution in [0.4, 0.5) is 16.2 Å². The van der Waals surface area contributed by atoms with Gasteiger partial charge in [0.15, 0.2) is 5.03 Å². The standard InChI is InChI=1S/C37H48N6O7S/c1-25-20-43(26(2)23-44)36(45)31-19-29(39-37(46)40-32-15-10-13-28-12-6-7-14-30(28)32)16-17-33(31)50-27(3)11-8-9-18-49-34(25)21-42(5)51(47,48)35-22-41(4)24-38-35/h6-7,10,12-17,19,22,24-27,34,44H,8-9,11,18,20-21,23H2,1-5H3,(H2,39,40,46)/t25-,26-,27-,34+/m1/s1. The quantitative estimate of drug-likeness (QED) is 0.221. The number of imidazole rings is 1. The molecule has 0 bridgehead atoms. The number of anilines is 2. The summed E-state index contributed by atoms with van der Waals surface area (Å²) in [5.74, 6) is -0.390. The zero-order chi connectivity index (χ0) is 36.7. The molecule has 5 rings (SSSR count). The number of benzene rings is 3. The second-order valence-corrected chi connectivity index (χ2v) is 15.3. The Labute approximate surface area is 299 Å². The molecule has 4 atom stereocenters. The minimum Gasteiger partial charge on any atom is -0.490 e. The monoisotopic (exact) mass is 720 g/mol. The molecule has 4 aromatic rings. The second kappa shape index (κ2) is 16.7. The van der Waals surface area contributed by atoms with E-state index in [4.69, 9.17) is 9.47 Å². The van der Waals surface area contributed by atoms with Crippen molar-refractivity contribution in [1.29, 1.82) is 0 Å². The highest BCUT2D eigenvalue weighted by molar-refractivity contribution is 7.89. The van der Waals surface area contributed by atoms with Gasteiger partial charge in [0.05, 0.1) is 42.4 Å². The van der Waals surface area contributed by atoms with Crippen molar-refractivity contribution in [3.63, 3.8) is 0 Å². The Hall–Kier alpha value is -4.50. The number of nitrogens with zero attached hydrogens (tertiary/aromatic N) is 4. The lowest BCUT2D eigenvalue weighted by molar-refractivity contribution is -0.00835. The van der Waals surface area contributed by atoms with Crippen LogP contribution in [0.3, 0.4) is 0 Å². The van der Waals surface area contributed by atoms with Crippen LogP contribution in [-0.4, -0.2) is 95.8 Å². The first-order chi connectivity index (χ1) is 24.4. The molecule has 51 heavy (non-hydrogen) atoms. The fourth-order valence-electron chi connectivity index (χ4n) is 6.12. The number of hydrogen-bond donors (Lipinski definition) is 3. The van der Waals surface area contributed by atoms with Gasteiger partial charge < -0.3 is 34.7 Å². The number of ether oxygens (including phenoxy) is 2. The van der Waals surface area contributed by atoms with Crippen LogP contribution in [0.5, 0.6) is 5.75 Å². The van der Waals surface area contributed by atoms with E-state index in [9.17, 15) is 23.1 Å². The van der Waals surface area contributed by atoms with Crippen LogP contribution >= 0.6 is 0 Å². The van der Waals surface area contributed by atoms with Gasteiger partial charge in [-0.2, -0.15) is 4.31 Å². The molecule has 2 heterocycles. The second-order valence-electron chi connectivity index (χ2n) is 13.3. The van der Waals surface area contributed by atoms with E-state index in [0.717, 1.165) is 23.6 Å². The van der Waals surface area contributed by atoms with E-state index >= 15 is 0 Å². The van der Waals surface area contributed by atoms with E-state index in [1.54, 1.807) is 41.6 Å². The van der Waals surface area contributed by atoms with Crippen molar-refractivity contribution >= 4 is 44.1 Å². The molecule has 14 heteroatoms. The van der Waals surface area contributed by atoms with E-state index in [1.165, 1.54) is 23.9 Å². The minimum absolute atomic E-state index is 0.0333. The minimum atomic E-state index is -3.90. The maximum Gasteiger partial charge on any atom is 0.323 e. The average Bonchev–Trinajstić information content (AvgIpc) is 3.56. The summed E-state index contributed by atoms with van der Waals surface area (Å²) in [6, 6.07) is 17.3. The van der Waals surface area contributed by atoms with Gasteiger partial charge in [0.25, 0.3) is 15.9 Å². The first kappa shape index (κ1) is 37.7. The zero-order valence-corrected chi connectivity index (χ0v) is 30.6. The van der Waals surface area contributed by atoms with Gasteiger partial charge in [0, 0.05) is 57.0 Å². The number of aliphatic hydroxyl groups excluding tert-OH is 1. The third-order valence-electron chi connectivity index (χ3n) is 9.14. The number of carbonyl (C=O) groups is 2. The van der Waals surface area contributed by atoms with Gasteiger partial charge in [0.1, 0.15) is 5.75 Å². The third-order valence-corrected chi connectivity index (χ3v) is 10.8. The van der Waals surface area contributed by atoms with E-state index < -0.39 is 34.1 Å². The van der Waals surface area contributed by atoms with E-state index in [1.807, 2.05) is 56.3 Å². The van der Waals surface area contributed by atoms with Crippen molar-refractivity contribution in [3.05, 3.63) is 78.8 Å². The fourth-order valence-corrected chi connectivity index (χ4v) is 7.26. The van der Waals surface area contributed by atoms with E-state index in [0.29, 0.717) is 30.2 Å². The molecular formula is C37H48N6O7S. The number of fused-ring (bicyclic) bond motifs is 2. The Bertz CT molecular complexity index is 1930. The van der Waals surface area contributed by atoms with Gasteiger partial charge in [-0.1, -0.05) is 43.3 Å². The number of aryl methyl sites for hydroxylation is 1. The van der Waals surface area contributed by atoms with Crippen molar-refractivity contribution < 1.29 is 32.6 Å². The van der Waals surface area contributed by atoms with Gasteiger partial charge in [-0.25, -0.2) is 18.2 Å². The Morgan fingerprint density at radius 2 is 1.86 bits per heavy atom. The summed E-state index contributed by atoms with van der Waals surface area (Å²) in [6.07, 6.45) is 4.28. The molecule has 13 nitrogen and oxygen atoms in total. The molecule has 0 radical (unpaired) electrons. The lowest BCUT2D eigenvalue weighted by atomic mass is 10.0. The molecular weight excluding hydrogens is 673 g/mol. The average molecular weight is 721 g/mol. The highest BCUT2D eigenvalue weighted by atomic mass is 32.2. The number of amides is 3.